The number of hydrogen-bond acceptors (Lipinski definition) is 3. The van der Waals surface area contributed by atoms with Gasteiger partial charge in [0.2, 0.25) is 5.82 Å². The Balaban J connectivity index is 2.97. The molecule has 0 heterocycles. The molecule has 0 saturated carbocycles. The lowest BCUT2D eigenvalue weighted by Gasteiger charge is -2.06. The largest absolute Gasteiger partial charge is 0.494 e. The van der Waals surface area contributed by atoms with Crippen molar-refractivity contribution in [3.8, 4) is 5.75 Å². The average molecular weight is 246 g/mol. The van der Waals surface area contributed by atoms with Crippen molar-refractivity contribution in [2.24, 2.45) is 0 Å². The Morgan fingerprint density at radius 3 is 2.69 bits per heavy atom. The molecule has 0 aliphatic carbocycles. The summed E-state index contributed by atoms with van der Waals surface area (Å²) in [6.07, 6.45) is 2.18. The Kier molecular flexibility index (Phi) is 4.73. The molecule has 5 heteroatoms. The number of Topliss-reactive ketones (excluding diaryl/α,β-unsaturated/α-hetero) is 1. The first-order valence-corrected chi connectivity index (χ1v) is 6.04. The van der Waals surface area contributed by atoms with Crippen LogP contribution in [0.3, 0.4) is 0 Å². The van der Waals surface area contributed by atoms with Crippen LogP contribution in [0.15, 0.2) is 12.1 Å². The number of carbonyl (C=O) groups is 1. The fraction of sp³-hybridized carbons (Fsp3) is 0.364. The van der Waals surface area contributed by atoms with E-state index in [0.29, 0.717) is 12.2 Å². The second-order valence-corrected chi connectivity index (χ2v) is 4.13. The van der Waals surface area contributed by atoms with E-state index in [0.717, 1.165) is 6.07 Å². The number of ketones is 1. The number of benzene rings is 1. The Morgan fingerprint density at radius 1 is 1.44 bits per heavy atom. The molecule has 1 rings (SSSR count). The van der Waals surface area contributed by atoms with Crippen molar-refractivity contribution in [1.82, 2.24) is 0 Å². The lowest BCUT2D eigenvalue weighted by molar-refractivity contribution is 0.0988. The van der Waals surface area contributed by atoms with Crippen LogP contribution in [-0.2, 0) is 0 Å². The summed E-state index contributed by atoms with van der Waals surface area (Å²) in [5, 5.41) is 0. The van der Waals surface area contributed by atoms with Gasteiger partial charge in [-0.05, 0) is 18.4 Å². The van der Waals surface area contributed by atoms with Crippen molar-refractivity contribution in [2.45, 2.75) is 6.42 Å². The third-order valence-electron chi connectivity index (χ3n) is 2.07. The number of halogens is 2. The quantitative estimate of drug-likeness (QED) is 0.747. The molecule has 0 aromatic heterocycles. The minimum absolute atomic E-state index is 0.143. The monoisotopic (exact) mass is 246 g/mol. The molecule has 0 unspecified atom stereocenters. The first-order chi connectivity index (χ1) is 7.60. The maximum Gasteiger partial charge on any atom is 0.200 e. The van der Waals surface area contributed by atoms with Gasteiger partial charge in [-0.2, -0.15) is 16.2 Å². The van der Waals surface area contributed by atoms with Gasteiger partial charge in [-0.15, -0.1) is 0 Å². The van der Waals surface area contributed by atoms with Crippen molar-refractivity contribution < 1.29 is 18.3 Å². The molecule has 0 aliphatic rings. The summed E-state index contributed by atoms with van der Waals surface area (Å²) in [5.74, 6) is -1.94. The standard InChI is InChI=1S/C11H12F2O2S/c1-15-10-6-7(5-8(12)11(10)13)9(14)3-4-16-2/h5-6H,3-4H2,1-2H3. The normalized spacial score (nSPS) is 10.2. The first-order valence-electron chi connectivity index (χ1n) is 4.65. The van der Waals surface area contributed by atoms with Crippen molar-refractivity contribution >= 4 is 17.5 Å². The highest BCUT2D eigenvalue weighted by Gasteiger charge is 2.15. The highest BCUT2D eigenvalue weighted by atomic mass is 32.2. The molecule has 16 heavy (non-hydrogen) atoms. The molecule has 0 bridgehead atoms. The third-order valence-corrected chi connectivity index (χ3v) is 2.68. The van der Waals surface area contributed by atoms with E-state index >= 15 is 0 Å². The van der Waals surface area contributed by atoms with Crippen LogP contribution in [0.5, 0.6) is 5.75 Å². The molecule has 0 aliphatic heterocycles. The Hall–Kier alpha value is -1.10. The number of carbonyl (C=O) groups excluding carboxylic acids is 1. The summed E-state index contributed by atoms with van der Waals surface area (Å²) in [4.78, 5) is 11.6. The maximum absolute atomic E-state index is 13.1. The van der Waals surface area contributed by atoms with Crippen LogP contribution < -0.4 is 4.74 Å². The van der Waals surface area contributed by atoms with E-state index in [1.807, 2.05) is 6.26 Å². The first kappa shape index (κ1) is 13.0. The van der Waals surface area contributed by atoms with Gasteiger partial charge < -0.3 is 4.74 Å². The fourth-order valence-electron chi connectivity index (χ4n) is 1.21. The summed E-state index contributed by atoms with van der Waals surface area (Å²) >= 11 is 1.52. The second-order valence-electron chi connectivity index (χ2n) is 3.14. The van der Waals surface area contributed by atoms with E-state index in [1.165, 1.54) is 24.9 Å². The Morgan fingerprint density at radius 2 is 2.12 bits per heavy atom. The minimum atomic E-state index is -1.07. The highest BCUT2D eigenvalue weighted by molar-refractivity contribution is 7.98. The van der Waals surface area contributed by atoms with Gasteiger partial charge in [0, 0.05) is 17.7 Å². The van der Waals surface area contributed by atoms with Crippen LogP contribution in [0.4, 0.5) is 8.78 Å². The smallest absolute Gasteiger partial charge is 0.200 e. The van der Waals surface area contributed by atoms with Crippen LogP contribution in [0.1, 0.15) is 16.8 Å². The zero-order valence-corrected chi connectivity index (χ0v) is 9.87. The summed E-state index contributed by atoms with van der Waals surface area (Å²) in [5.41, 5.74) is 0.143. The van der Waals surface area contributed by atoms with Gasteiger partial charge in [0.05, 0.1) is 7.11 Å². The lowest BCUT2D eigenvalue weighted by Crippen LogP contribution is -2.03. The van der Waals surface area contributed by atoms with Gasteiger partial charge in [-0.1, -0.05) is 0 Å². The van der Waals surface area contributed by atoms with Gasteiger partial charge in [0.15, 0.2) is 17.3 Å². The molecular weight excluding hydrogens is 234 g/mol. The van der Waals surface area contributed by atoms with E-state index in [9.17, 15) is 13.6 Å². The molecule has 1 aromatic carbocycles. The SMILES string of the molecule is COc1cc(C(=O)CCSC)cc(F)c1F. The van der Waals surface area contributed by atoms with Crippen molar-refractivity contribution in [1.29, 1.82) is 0 Å². The molecule has 0 amide bonds. The van der Waals surface area contributed by atoms with Gasteiger partial charge in [0.1, 0.15) is 0 Å². The van der Waals surface area contributed by atoms with Crippen LogP contribution >= 0.6 is 11.8 Å². The highest BCUT2D eigenvalue weighted by Crippen LogP contribution is 2.22. The van der Waals surface area contributed by atoms with Gasteiger partial charge in [-0.25, -0.2) is 4.39 Å². The Labute approximate surface area is 97.0 Å². The van der Waals surface area contributed by atoms with E-state index in [1.54, 1.807) is 0 Å². The number of thioether (sulfide) groups is 1. The predicted molar refractivity (Wildman–Crippen MR) is 60.2 cm³/mol. The van der Waals surface area contributed by atoms with Crippen molar-refractivity contribution in [3.63, 3.8) is 0 Å². The van der Waals surface area contributed by atoms with Gasteiger partial charge >= 0.3 is 0 Å². The molecule has 2 nitrogen and oxygen atoms in total. The summed E-state index contributed by atoms with van der Waals surface area (Å²) in [6.45, 7) is 0. The van der Waals surface area contributed by atoms with Crippen LogP contribution in [0.25, 0.3) is 0 Å². The van der Waals surface area contributed by atoms with Crippen molar-refractivity contribution in [2.75, 3.05) is 19.1 Å². The molecular formula is C11H12F2O2S. The van der Waals surface area contributed by atoms with Gasteiger partial charge in [0.25, 0.3) is 0 Å². The molecule has 0 saturated heterocycles. The molecule has 0 atom stereocenters. The van der Waals surface area contributed by atoms with E-state index in [2.05, 4.69) is 4.74 Å². The lowest BCUT2D eigenvalue weighted by atomic mass is 10.1. The summed E-state index contributed by atoms with van der Waals surface area (Å²) < 4.78 is 30.8. The van der Waals surface area contributed by atoms with E-state index in [-0.39, 0.29) is 17.1 Å². The zero-order chi connectivity index (χ0) is 12.1. The molecule has 0 N–H and O–H groups in total. The molecule has 0 radical (unpaired) electrons. The molecule has 1 aromatic rings. The van der Waals surface area contributed by atoms with E-state index in [4.69, 9.17) is 0 Å². The van der Waals surface area contributed by atoms with Gasteiger partial charge in [-0.3, -0.25) is 4.79 Å². The van der Waals surface area contributed by atoms with E-state index < -0.39 is 11.6 Å². The molecule has 0 spiro atoms. The maximum atomic E-state index is 13.1. The number of methoxy groups -OCH3 is 1. The van der Waals surface area contributed by atoms with Crippen LogP contribution in [-0.4, -0.2) is 24.9 Å². The van der Waals surface area contributed by atoms with Crippen LogP contribution in [0.2, 0.25) is 0 Å². The topological polar surface area (TPSA) is 26.3 Å². The number of rotatable bonds is 5. The summed E-state index contributed by atoms with van der Waals surface area (Å²) in [7, 11) is 1.23. The summed E-state index contributed by atoms with van der Waals surface area (Å²) in [6, 6.07) is 2.13. The fourth-order valence-corrected chi connectivity index (χ4v) is 1.60. The van der Waals surface area contributed by atoms with Crippen molar-refractivity contribution in [3.05, 3.63) is 29.3 Å². The second kappa shape index (κ2) is 5.84. The minimum Gasteiger partial charge on any atom is -0.494 e. The number of ether oxygens (including phenoxy) is 1. The molecule has 0 fully saturated rings. The molecule has 88 valence electrons. The zero-order valence-electron chi connectivity index (χ0n) is 9.05. The predicted octanol–water partition coefficient (Wildman–Crippen LogP) is 2.91. The number of hydrogen-bond donors (Lipinski definition) is 0. The Bertz CT molecular complexity index is 394. The average Bonchev–Trinajstić information content (AvgIpc) is 2.29. The third kappa shape index (κ3) is 2.95. The van der Waals surface area contributed by atoms with Crippen LogP contribution in [0, 0.1) is 11.6 Å².